The third-order valence-electron chi connectivity index (χ3n) is 5.11. The second-order valence-electron chi connectivity index (χ2n) is 6.76. The van der Waals surface area contributed by atoms with Crippen LogP contribution in [0.5, 0.6) is 0 Å². The summed E-state index contributed by atoms with van der Waals surface area (Å²) in [5, 5.41) is 4.28. The van der Waals surface area contributed by atoms with Crippen LogP contribution in [0.3, 0.4) is 0 Å². The van der Waals surface area contributed by atoms with E-state index in [-0.39, 0.29) is 0 Å². The number of aryl methyl sites for hydroxylation is 1. The fourth-order valence-electron chi connectivity index (χ4n) is 3.95. The Hall–Kier alpha value is -1.92. The normalized spacial score (nSPS) is 25.3. The molecule has 2 aromatic rings. The lowest BCUT2D eigenvalue weighted by Crippen LogP contribution is -2.51. The summed E-state index contributed by atoms with van der Waals surface area (Å²) in [6.07, 6.45) is 10.4. The van der Waals surface area contributed by atoms with Gasteiger partial charge in [-0.1, -0.05) is 0 Å². The molecule has 2 fully saturated rings. The summed E-state index contributed by atoms with van der Waals surface area (Å²) in [6.45, 7) is 4.90. The van der Waals surface area contributed by atoms with Crippen LogP contribution >= 0.6 is 0 Å². The standard InChI is InChI=1S/C18H25N5O/c1-21-13-15(11-20-21)14-22-7-4-17-18(5-8-22)24-10-9-23(17)16-3-2-6-19-12-16/h2-3,6,11-13,17-18H,4-5,7-10,14H2,1H3/t17-,18-/m1/s1. The van der Waals surface area contributed by atoms with Gasteiger partial charge in [0.05, 0.1) is 36.8 Å². The largest absolute Gasteiger partial charge is 0.374 e. The maximum Gasteiger partial charge on any atom is 0.0791 e. The highest BCUT2D eigenvalue weighted by Crippen LogP contribution is 2.28. The zero-order valence-electron chi connectivity index (χ0n) is 14.2. The predicted molar refractivity (Wildman–Crippen MR) is 92.8 cm³/mol. The second-order valence-corrected chi connectivity index (χ2v) is 6.76. The Morgan fingerprint density at radius 2 is 2.12 bits per heavy atom. The van der Waals surface area contributed by atoms with Gasteiger partial charge in [0.1, 0.15) is 0 Å². The third-order valence-corrected chi connectivity index (χ3v) is 5.11. The Balaban J connectivity index is 1.45. The Morgan fingerprint density at radius 3 is 2.92 bits per heavy atom. The number of morpholine rings is 1. The lowest BCUT2D eigenvalue weighted by molar-refractivity contribution is 0.00893. The summed E-state index contributed by atoms with van der Waals surface area (Å²) in [5.41, 5.74) is 2.50. The molecule has 6 heteroatoms. The van der Waals surface area contributed by atoms with Crippen molar-refractivity contribution in [3.05, 3.63) is 42.5 Å². The Bertz CT molecular complexity index is 658. The molecule has 0 bridgehead atoms. The van der Waals surface area contributed by atoms with E-state index in [1.165, 1.54) is 11.3 Å². The summed E-state index contributed by atoms with van der Waals surface area (Å²) in [6, 6.07) is 4.63. The van der Waals surface area contributed by atoms with Crippen molar-refractivity contribution < 1.29 is 4.74 Å². The van der Waals surface area contributed by atoms with Crippen molar-refractivity contribution in [1.82, 2.24) is 19.7 Å². The molecule has 2 aliphatic rings. The van der Waals surface area contributed by atoms with E-state index in [0.717, 1.165) is 45.6 Å². The van der Waals surface area contributed by atoms with E-state index in [1.807, 2.05) is 36.4 Å². The summed E-state index contributed by atoms with van der Waals surface area (Å²) >= 11 is 0. The van der Waals surface area contributed by atoms with Crippen molar-refractivity contribution in [1.29, 1.82) is 0 Å². The first kappa shape index (κ1) is 15.6. The van der Waals surface area contributed by atoms with Crippen molar-refractivity contribution in [2.45, 2.75) is 31.5 Å². The van der Waals surface area contributed by atoms with Gasteiger partial charge < -0.3 is 9.64 Å². The van der Waals surface area contributed by atoms with E-state index in [4.69, 9.17) is 4.74 Å². The second kappa shape index (κ2) is 6.91. The minimum absolute atomic E-state index is 0.317. The van der Waals surface area contributed by atoms with Crippen LogP contribution in [0.4, 0.5) is 5.69 Å². The first-order valence-electron chi connectivity index (χ1n) is 8.78. The molecule has 0 amide bonds. The molecule has 0 unspecified atom stereocenters. The quantitative estimate of drug-likeness (QED) is 0.858. The number of aromatic nitrogens is 3. The van der Waals surface area contributed by atoms with E-state index in [9.17, 15) is 0 Å². The molecule has 24 heavy (non-hydrogen) atoms. The smallest absolute Gasteiger partial charge is 0.0791 e. The molecule has 2 aliphatic heterocycles. The van der Waals surface area contributed by atoms with Crippen LogP contribution in [-0.2, 0) is 18.3 Å². The maximum atomic E-state index is 6.11. The molecule has 2 aromatic heterocycles. The third kappa shape index (κ3) is 3.30. The molecule has 2 saturated heterocycles. The summed E-state index contributed by atoms with van der Waals surface area (Å²) in [4.78, 5) is 9.31. The van der Waals surface area contributed by atoms with Gasteiger partial charge in [0.25, 0.3) is 0 Å². The summed E-state index contributed by atoms with van der Waals surface area (Å²) < 4.78 is 7.99. The highest BCUT2D eigenvalue weighted by Gasteiger charge is 2.34. The molecule has 0 saturated carbocycles. The average molecular weight is 327 g/mol. The number of nitrogens with zero attached hydrogens (tertiary/aromatic N) is 5. The molecule has 128 valence electrons. The number of ether oxygens (including phenoxy) is 1. The molecule has 0 aromatic carbocycles. The lowest BCUT2D eigenvalue weighted by Gasteiger charge is -2.41. The van der Waals surface area contributed by atoms with Crippen molar-refractivity contribution in [3.63, 3.8) is 0 Å². The van der Waals surface area contributed by atoms with Gasteiger partial charge in [-0.3, -0.25) is 14.6 Å². The maximum absolute atomic E-state index is 6.11. The fraction of sp³-hybridized carbons (Fsp3) is 0.556. The number of fused-ring (bicyclic) bond motifs is 1. The molecule has 0 radical (unpaired) electrons. The highest BCUT2D eigenvalue weighted by atomic mass is 16.5. The zero-order chi connectivity index (χ0) is 16.4. The van der Waals surface area contributed by atoms with E-state index in [0.29, 0.717) is 12.1 Å². The summed E-state index contributed by atoms with van der Waals surface area (Å²) in [5.74, 6) is 0. The van der Waals surface area contributed by atoms with Crippen LogP contribution in [-0.4, -0.2) is 58.1 Å². The monoisotopic (exact) mass is 327 g/mol. The zero-order valence-corrected chi connectivity index (χ0v) is 14.2. The topological polar surface area (TPSA) is 46.4 Å². The first-order chi connectivity index (χ1) is 11.8. The first-order valence-corrected chi connectivity index (χ1v) is 8.78. The minimum atomic E-state index is 0.317. The number of hydrogen-bond donors (Lipinski definition) is 0. The van der Waals surface area contributed by atoms with Gasteiger partial charge in [-0.15, -0.1) is 0 Å². The molecular weight excluding hydrogens is 302 g/mol. The minimum Gasteiger partial charge on any atom is -0.374 e. The Kier molecular flexibility index (Phi) is 4.49. The van der Waals surface area contributed by atoms with Crippen LogP contribution in [0.2, 0.25) is 0 Å². The van der Waals surface area contributed by atoms with Crippen molar-refractivity contribution in [2.75, 3.05) is 31.1 Å². The van der Waals surface area contributed by atoms with Gasteiger partial charge in [-0.25, -0.2) is 0 Å². The number of pyridine rings is 1. The Morgan fingerprint density at radius 1 is 1.21 bits per heavy atom. The lowest BCUT2D eigenvalue weighted by atomic mass is 10.0. The number of rotatable bonds is 3. The van der Waals surface area contributed by atoms with Gasteiger partial charge in [-0.2, -0.15) is 5.10 Å². The van der Waals surface area contributed by atoms with Gasteiger partial charge in [0.15, 0.2) is 0 Å². The van der Waals surface area contributed by atoms with E-state index < -0.39 is 0 Å². The molecule has 0 aliphatic carbocycles. The van der Waals surface area contributed by atoms with Gasteiger partial charge in [0.2, 0.25) is 0 Å². The van der Waals surface area contributed by atoms with Crippen molar-refractivity contribution >= 4 is 5.69 Å². The van der Waals surface area contributed by atoms with Crippen LogP contribution in [0.25, 0.3) is 0 Å². The predicted octanol–water partition coefficient (Wildman–Crippen LogP) is 1.68. The average Bonchev–Trinajstić information content (AvgIpc) is 2.91. The van der Waals surface area contributed by atoms with Gasteiger partial charge in [-0.05, 0) is 25.0 Å². The van der Waals surface area contributed by atoms with Crippen molar-refractivity contribution in [3.8, 4) is 0 Å². The Labute approximate surface area is 143 Å². The number of likely N-dealkylation sites (tertiary alicyclic amines) is 1. The molecule has 6 nitrogen and oxygen atoms in total. The fourth-order valence-corrected chi connectivity index (χ4v) is 3.95. The van der Waals surface area contributed by atoms with Gasteiger partial charge in [0, 0.05) is 51.2 Å². The molecule has 0 N–H and O–H groups in total. The van der Waals surface area contributed by atoms with Crippen LogP contribution in [0, 0.1) is 0 Å². The molecule has 2 atom stereocenters. The van der Waals surface area contributed by atoms with Crippen molar-refractivity contribution in [2.24, 2.45) is 7.05 Å². The molecule has 4 rings (SSSR count). The molecular formula is C18H25N5O. The van der Waals surface area contributed by atoms with E-state index in [2.05, 4.69) is 32.1 Å². The van der Waals surface area contributed by atoms with E-state index in [1.54, 1.807) is 0 Å². The SMILES string of the molecule is Cn1cc(CN2CC[C@@H]3[C@@H](CC2)OCCN3c2cccnc2)cn1. The number of anilines is 1. The van der Waals surface area contributed by atoms with Crippen LogP contribution in [0.15, 0.2) is 36.9 Å². The van der Waals surface area contributed by atoms with Gasteiger partial charge >= 0.3 is 0 Å². The number of hydrogen-bond acceptors (Lipinski definition) is 5. The van der Waals surface area contributed by atoms with E-state index >= 15 is 0 Å². The summed E-state index contributed by atoms with van der Waals surface area (Å²) in [7, 11) is 1.97. The highest BCUT2D eigenvalue weighted by molar-refractivity contribution is 5.45. The van der Waals surface area contributed by atoms with Crippen LogP contribution in [0.1, 0.15) is 18.4 Å². The van der Waals surface area contributed by atoms with Crippen LogP contribution < -0.4 is 4.90 Å². The molecule has 0 spiro atoms. The molecule has 4 heterocycles.